The van der Waals surface area contributed by atoms with E-state index >= 15 is 0 Å². The fourth-order valence-corrected chi connectivity index (χ4v) is 3.59. The monoisotopic (exact) mass is 388 g/mol. The number of rotatable bonds is 9. The van der Waals surface area contributed by atoms with Crippen LogP contribution >= 0.6 is 0 Å². The molecule has 9 nitrogen and oxygen atoms in total. The van der Waals surface area contributed by atoms with Crippen LogP contribution in [0.4, 0.5) is 0 Å². The van der Waals surface area contributed by atoms with Crippen molar-refractivity contribution < 1.29 is 44.6 Å². The molecule has 0 aromatic rings. The first-order valence-electron chi connectivity index (χ1n) is 9.16. The lowest BCUT2D eigenvalue weighted by Gasteiger charge is -2.39. The van der Waals surface area contributed by atoms with Gasteiger partial charge in [0.2, 0.25) is 0 Å². The summed E-state index contributed by atoms with van der Waals surface area (Å²) in [5.74, 6) is -1.17. The molecule has 154 valence electrons. The zero-order valence-corrected chi connectivity index (χ0v) is 15.0. The highest BCUT2D eigenvalue weighted by atomic mass is 16.7. The first kappa shape index (κ1) is 21.9. The van der Waals surface area contributed by atoms with Crippen LogP contribution in [0.5, 0.6) is 0 Å². The number of carboxylic acids is 1. The molecule has 0 aromatic heterocycles. The Morgan fingerprint density at radius 2 is 1.93 bits per heavy atom. The molecule has 1 aliphatic heterocycles. The summed E-state index contributed by atoms with van der Waals surface area (Å²) in [6, 6.07) is 0. The van der Waals surface area contributed by atoms with Gasteiger partial charge in [0, 0.05) is 18.8 Å². The summed E-state index contributed by atoms with van der Waals surface area (Å²) < 4.78 is 10.6. The summed E-state index contributed by atoms with van der Waals surface area (Å²) >= 11 is 0. The molecule has 2 aliphatic rings. The minimum Gasteiger partial charge on any atom is -0.481 e. The number of ketones is 1. The number of Topliss-reactive ketones (excluding diaryl/α,β-unsaturated/α-hetero) is 1. The first-order chi connectivity index (χ1) is 12.8. The first-order valence-corrected chi connectivity index (χ1v) is 9.16. The van der Waals surface area contributed by atoms with Gasteiger partial charge in [-0.15, -0.1) is 0 Å². The van der Waals surface area contributed by atoms with Crippen molar-refractivity contribution >= 4 is 11.8 Å². The Hall–Kier alpha value is -1.36. The third-order valence-corrected chi connectivity index (χ3v) is 5.15. The van der Waals surface area contributed by atoms with Crippen molar-refractivity contribution in [2.45, 2.75) is 62.8 Å². The van der Waals surface area contributed by atoms with Crippen molar-refractivity contribution in [1.29, 1.82) is 0 Å². The Balaban J connectivity index is 1.73. The van der Waals surface area contributed by atoms with Crippen LogP contribution in [-0.2, 0) is 19.1 Å². The van der Waals surface area contributed by atoms with Gasteiger partial charge in [0.25, 0.3) is 0 Å². The van der Waals surface area contributed by atoms with Crippen molar-refractivity contribution in [1.82, 2.24) is 0 Å². The molecule has 7 atom stereocenters. The van der Waals surface area contributed by atoms with E-state index in [1.165, 1.54) is 0 Å². The number of carbonyl (C=O) groups excluding carboxylic acids is 1. The normalized spacial score (nSPS) is 37.2. The van der Waals surface area contributed by atoms with Crippen molar-refractivity contribution in [3.63, 3.8) is 0 Å². The number of aliphatic carboxylic acids is 1. The number of aliphatic hydroxyl groups excluding tert-OH is 4. The molecule has 0 amide bonds. The average Bonchev–Trinajstić information content (AvgIpc) is 2.96. The summed E-state index contributed by atoms with van der Waals surface area (Å²) in [7, 11) is 0. The number of aliphatic hydroxyl groups is 4. The van der Waals surface area contributed by atoms with Gasteiger partial charge in [-0.25, -0.2) is 0 Å². The summed E-state index contributed by atoms with van der Waals surface area (Å²) in [4.78, 5) is 22.7. The molecule has 2 fully saturated rings. The Labute approximate surface area is 157 Å². The zero-order chi connectivity index (χ0) is 20.0. The van der Waals surface area contributed by atoms with E-state index in [2.05, 4.69) is 0 Å². The highest BCUT2D eigenvalue weighted by Crippen LogP contribution is 2.34. The molecule has 5 N–H and O–H groups in total. The molecular weight excluding hydrogens is 360 g/mol. The number of ether oxygens (including phenoxy) is 2. The highest BCUT2D eigenvalue weighted by molar-refractivity contribution is 5.84. The fourth-order valence-electron chi connectivity index (χ4n) is 3.59. The second kappa shape index (κ2) is 10.3. The summed E-state index contributed by atoms with van der Waals surface area (Å²) in [5, 5.41) is 47.3. The summed E-state index contributed by atoms with van der Waals surface area (Å²) in [6.07, 6.45) is -0.898. The Kier molecular flexibility index (Phi) is 8.33. The molecule has 0 spiro atoms. The van der Waals surface area contributed by atoms with Crippen LogP contribution in [0.2, 0.25) is 0 Å². The standard InChI is InChI=1S/C18H28O9/c19-9-13-15(23)16(24)17(25)18(27-13)26-7-3-1-2-4-11-10(8-14(21)22)5-6-12(11)20/h1-2,10-11,13,15-19,23-25H,3-9H2,(H,21,22)/b2-1+/t10?,11?,13-,15-,16+,17-,18?/m1/s1. The van der Waals surface area contributed by atoms with Gasteiger partial charge < -0.3 is 35.0 Å². The van der Waals surface area contributed by atoms with Gasteiger partial charge in [0.1, 0.15) is 30.2 Å². The van der Waals surface area contributed by atoms with Crippen molar-refractivity contribution in [3.8, 4) is 0 Å². The molecule has 27 heavy (non-hydrogen) atoms. The second-order valence-electron chi connectivity index (χ2n) is 7.03. The Morgan fingerprint density at radius 1 is 1.19 bits per heavy atom. The lowest BCUT2D eigenvalue weighted by Crippen LogP contribution is -2.59. The highest BCUT2D eigenvalue weighted by Gasteiger charge is 2.43. The van der Waals surface area contributed by atoms with Gasteiger partial charge in [-0.2, -0.15) is 0 Å². The minimum atomic E-state index is -1.48. The van der Waals surface area contributed by atoms with E-state index in [1.807, 2.05) is 6.08 Å². The molecular formula is C18H28O9. The maximum absolute atomic E-state index is 11.9. The van der Waals surface area contributed by atoms with Crippen molar-refractivity contribution in [2.24, 2.45) is 11.8 Å². The van der Waals surface area contributed by atoms with Crippen LogP contribution in [-0.4, -0.2) is 81.2 Å². The molecule has 1 aliphatic carbocycles. The van der Waals surface area contributed by atoms with Gasteiger partial charge in [-0.1, -0.05) is 12.2 Å². The topological polar surface area (TPSA) is 154 Å². The Bertz CT molecular complexity index is 533. The molecule has 0 aromatic carbocycles. The zero-order valence-electron chi connectivity index (χ0n) is 15.0. The molecule has 0 radical (unpaired) electrons. The number of carboxylic acid groups (broad SMARTS) is 1. The van der Waals surface area contributed by atoms with Crippen LogP contribution in [0.1, 0.15) is 32.1 Å². The number of hydrogen-bond acceptors (Lipinski definition) is 8. The molecule has 1 saturated carbocycles. The van der Waals surface area contributed by atoms with Crippen molar-refractivity contribution in [3.05, 3.63) is 12.2 Å². The van der Waals surface area contributed by atoms with E-state index in [9.17, 15) is 24.9 Å². The lowest BCUT2D eigenvalue weighted by molar-refractivity contribution is -0.300. The van der Waals surface area contributed by atoms with Crippen LogP contribution in [0.25, 0.3) is 0 Å². The fraction of sp³-hybridized carbons (Fsp3) is 0.778. The summed E-state index contributed by atoms with van der Waals surface area (Å²) in [6.45, 7) is -0.353. The van der Waals surface area contributed by atoms with Gasteiger partial charge in [-0.3, -0.25) is 9.59 Å². The van der Waals surface area contributed by atoms with Crippen LogP contribution in [0.15, 0.2) is 12.2 Å². The third-order valence-electron chi connectivity index (χ3n) is 5.15. The van der Waals surface area contributed by atoms with Crippen LogP contribution in [0, 0.1) is 11.8 Å². The molecule has 1 saturated heterocycles. The van der Waals surface area contributed by atoms with E-state index in [0.29, 0.717) is 25.7 Å². The molecule has 0 bridgehead atoms. The van der Waals surface area contributed by atoms with Crippen LogP contribution < -0.4 is 0 Å². The Morgan fingerprint density at radius 3 is 2.59 bits per heavy atom. The van der Waals surface area contributed by atoms with Crippen molar-refractivity contribution in [2.75, 3.05) is 13.2 Å². The smallest absolute Gasteiger partial charge is 0.303 e. The van der Waals surface area contributed by atoms with Gasteiger partial charge in [-0.05, 0) is 25.2 Å². The molecule has 1 heterocycles. The van der Waals surface area contributed by atoms with E-state index < -0.39 is 43.3 Å². The largest absolute Gasteiger partial charge is 0.481 e. The quantitative estimate of drug-likeness (QED) is 0.252. The van der Waals surface area contributed by atoms with Gasteiger partial charge in [0.15, 0.2) is 6.29 Å². The van der Waals surface area contributed by atoms with E-state index in [4.69, 9.17) is 19.7 Å². The number of hydrogen-bond donors (Lipinski definition) is 5. The van der Waals surface area contributed by atoms with Gasteiger partial charge >= 0.3 is 5.97 Å². The molecule has 2 rings (SSSR count). The second-order valence-corrected chi connectivity index (χ2v) is 7.03. The minimum absolute atomic E-state index is 0.00443. The number of carbonyl (C=O) groups is 2. The van der Waals surface area contributed by atoms with Crippen LogP contribution in [0.3, 0.4) is 0 Å². The predicted molar refractivity (Wildman–Crippen MR) is 91.6 cm³/mol. The van der Waals surface area contributed by atoms with E-state index in [0.717, 1.165) is 0 Å². The summed E-state index contributed by atoms with van der Waals surface area (Å²) in [5.41, 5.74) is 0. The molecule has 3 unspecified atom stereocenters. The van der Waals surface area contributed by atoms with E-state index in [-0.39, 0.29) is 30.6 Å². The van der Waals surface area contributed by atoms with E-state index in [1.54, 1.807) is 6.08 Å². The maximum atomic E-state index is 11.9. The lowest BCUT2D eigenvalue weighted by atomic mass is 9.89. The van der Waals surface area contributed by atoms with Gasteiger partial charge in [0.05, 0.1) is 13.2 Å². The SMILES string of the molecule is O=C(O)CC1CCC(=O)C1C/C=C/CCOC1O[C@H](CO)[C@@H](O)[C@H](O)[C@H]1O. The average molecular weight is 388 g/mol. The molecule has 9 heteroatoms. The maximum Gasteiger partial charge on any atom is 0.303 e. The number of allylic oxidation sites excluding steroid dienone is 1. The third kappa shape index (κ3) is 5.81. The predicted octanol–water partition coefficient (Wildman–Crippen LogP) is -0.791.